The van der Waals surface area contributed by atoms with Crippen LogP contribution in [0.5, 0.6) is 0 Å². The van der Waals surface area contributed by atoms with Crippen LogP contribution < -0.4 is 16.4 Å². The highest BCUT2D eigenvalue weighted by molar-refractivity contribution is 5.96. The number of hydrogen-bond donors (Lipinski definition) is 3. The first kappa shape index (κ1) is 28.8. The van der Waals surface area contributed by atoms with Gasteiger partial charge in [-0.15, -0.1) is 0 Å². The van der Waals surface area contributed by atoms with E-state index in [0.717, 1.165) is 35.5 Å². The monoisotopic (exact) mass is 521 g/mol. The van der Waals surface area contributed by atoms with Crippen molar-refractivity contribution in [2.24, 2.45) is 5.73 Å². The lowest BCUT2D eigenvalue weighted by atomic mass is 10.0. The topological polar surface area (TPSA) is 134 Å². The summed E-state index contributed by atoms with van der Waals surface area (Å²) in [6, 6.07) is 7.72. The summed E-state index contributed by atoms with van der Waals surface area (Å²) >= 11 is 0. The van der Waals surface area contributed by atoms with Gasteiger partial charge in [-0.25, -0.2) is 9.97 Å². The third kappa shape index (κ3) is 8.11. The second-order valence-corrected chi connectivity index (χ2v) is 10.1. The molecule has 3 amide bonds. The zero-order valence-corrected chi connectivity index (χ0v) is 23.0. The second-order valence-electron chi connectivity index (χ2n) is 10.1. The fourth-order valence-electron chi connectivity index (χ4n) is 3.97. The number of carbonyl (C=O) groups is 3. The number of likely N-dealkylation sites (N-methyl/N-ethyl adjacent to an activating group) is 2. The molecule has 0 spiro atoms. The molecule has 1 atom stereocenters. The molecule has 0 bridgehead atoms. The van der Waals surface area contributed by atoms with E-state index in [0.29, 0.717) is 31.2 Å². The van der Waals surface area contributed by atoms with Gasteiger partial charge in [0.1, 0.15) is 0 Å². The van der Waals surface area contributed by atoms with Gasteiger partial charge in [0, 0.05) is 37.8 Å². The normalized spacial score (nSPS) is 13.9. The third-order valence-corrected chi connectivity index (χ3v) is 6.34. The van der Waals surface area contributed by atoms with Crippen molar-refractivity contribution in [3.8, 4) is 0 Å². The number of nitrogens with zero attached hydrogens (tertiary/aromatic N) is 4. The quantitative estimate of drug-likeness (QED) is 0.345. The van der Waals surface area contributed by atoms with Crippen molar-refractivity contribution in [1.82, 2.24) is 25.1 Å². The lowest BCUT2D eigenvalue weighted by Gasteiger charge is -2.18. The third-order valence-electron chi connectivity index (χ3n) is 6.34. The van der Waals surface area contributed by atoms with Gasteiger partial charge in [0.2, 0.25) is 11.8 Å². The van der Waals surface area contributed by atoms with E-state index in [2.05, 4.69) is 15.6 Å². The van der Waals surface area contributed by atoms with E-state index in [-0.39, 0.29) is 30.0 Å². The van der Waals surface area contributed by atoms with Gasteiger partial charge in [-0.3, -0.25) is 14.4 Å². The molecule has 10 nitrogen and oxygen atoms in total. The van der Waals surface area contributed by atoms with Gasteiger partial charge in [-0.1, -0.05) is 32.1 Å². The Morgan fingerprint density at radius 1 is 1.18 bits per heavy atom. The number of primary amides is 1. The lowest BCUT2D eigenvalue weighted by Crippen LogP contribution is -2.39. The molecular formula is C28H39N7O3. The molecule has 204 valence electrons. The standard InChI is InChI=1S/C28H39N7O3/c1-6-22-25(19-12-13-19)33-28(26(32-22)27(29)38)31-21-10-7-9-20(15-21)18(2)16-30-23(36)17-35(5)24(37)11-8-14-34(3)4/h7-11,15,18-19H,6,12-14,16-17H2,1-5H3,(H2,29,38)(H,30,36)(H,31,33). The summed E-state index contributed by atoms with van der Waals surface area (Å²) in [6.07, 6.45) is 6.09. The van der Waals surface area contributed by atoms with E-state index in [9.17, 15) is 14.4 Å². The number of amides is 3. The van der Waals surface area contributed by atoms with Crippen molar-refractivity contribution < 1.29 is 14.4 Å². The van der Waals surface area contributed by atoms with Gasteiger partial charge in [-0.05, 0) is 57.0 Å². The number of aryl methyl sites for hydroxylation is 1. The summed E-state index contributed by atoms with van der Waals surface area (Å²) in [5.41, 5.74) is 9.25. The number of anilines is 2. The molecule has 0 saturated heterocycles. The molecule has 1 aliphatic rings. The lowest BCUT2D eigenvalue weighted by molar-refractivity contribution is -0.131. The summed E-state index contributed by atoms with van der Waals surface area (Å²) in [7, 11) is 5.44. The smallest absolute Gasteiger partial charge is 0.271 e. The summed E-state index contributed by atoms with van der Waals surface area (Å²) in [4.78, 5) is 49.3. The number of rotatable bonds is 13. The van der Waals surface area contributed by atoms with E-state index in [4.69, 9.17) is 10.7 Å². The number of nitrogens with one attached hydrogen (secondary N) is 2. The minimum absolute atomic E-state index is 0.00730. The first-order valence-corrected chi connectivity index (χ1v) is 13.0. The summed E-state index contributed by atoms with van der Waals surface area (Å²) in [5, 5.41) is 6.14. The van der Waals surface area contributed by atoms with Gasteiger partial charge in [0.15, 0.2) is 11.5 Å². The van der Waals surface area contributed by atoms with Gasteiger partial charge in [0.25, 0.3) is 5.91 Å². The second kappa shape index (κ2) is 13.1. The van der Waals surface area contributed by atoms with Crippen LogP contribution in [0.4, 0.5) is 11.5 Å². The highest BCUT2D eigenvalue weighted by Gasteiger charge is 2.30. The van der Waals surface area contributed by atoms with Crippen LogP contribution in [0.1, 0.15) is 66.0 Å². The SMILES string of the molecule is CCc1nc(C(N)=O)c(Nc2cccc(C(C)CNC(=O)CN(C)C(=O)C=CCN(C)C)c2)nc1C1CC1. The van der Waals surface area contributed by atoms with Crippen molar-refractivity contribution in [3.63, 3.8) is 0 Å². The molecule has 38 heavy (non-hydrogen) atoms. The minimum atomic E-state index is -0.624. The molecule has 1 saturated carbocycles. The van der Waals surface area contributed by atoms with Crippen molar-refractivity contribution in [2.75, 3.05) is 46.1 Å². The van der Waals surface area contributed by atoms with Crippen LogP contribution in [-0.2, 0) is 16.0 Å². The fourth-order valence-corrected chi connectivity index (χ4v) is 3.97. The Hall–Kier alpha value is -3.79. The Labute approximate surface area is 224 Å². The van der Waals surface area contributed by atoms with Crippen molar-refractivity contribution in [3.05, 3.63) is 59.1 Å². The van der Waals surface area contributed by atoms with E-state index in [1.807, 2.05) is 57.1 Å². The number of carbonyl (C=O) groups excluding carboxylic acids is 3. The van der Waals surface area contributed by atoms with Crippen LogP contribution in [0.15, 0.2) is 36.4 Å². The molecule has 0 aliphatic heterocycles. The highest BCUT2D eigenvalue weighted by atomic mass is 16.2. The largest absolute Gasteiger partial charge is 0.364 e. The van der Waals surface area contributed by atoms with E-state index < -0.39 is 5.91 Å². The van der Waals surface area contributed by atoms with Crippen molar-refractivity contribution in [1.29, 1.82) is 0 Å². The van der Waals surface area contributed by atoms with E-state index in [1.54, 1.807) is 13.1 Å². The number of hydrogen-bond acceptors (Lipinski definition) is 7. The molecule has 1 aromatic carbocycles. The van der Waals surface area contributed by atoms with Gasteiger partial charge in [-0.2, -0.15) is 0 Å². The van der Waals surface area contributed by atoms with Crippen LogP contribution in [0.2, 0.25) is 0 Å². The Morgan fingerprint density at radius 2 is 1.92 bits per heavy atom. The van der Waals surface area contributed by atoms with Crippen LogP contribution >= 0.6 is 0 Å². The maximum Gasteiger partial charge on any atom is 0.271 e. The molecule has 4 N–H and O–H groups in total. The molecule has 1 heterocycles. The fraction of sp³-hybridized carbons (Fsp3) is 0.464. The van der Waals surface area contributed by atoms with Gasteiger partial charge < -0.3 is 26.2 Å². The Kier molecular flexibility index (Phi) is 9.95. The summed E-state index contributed by atoms with van der Waals surface area (Å²) in [6.45, 7) is 5.04. The van der Waals surface area contributed by atoms with Crippen molar-refractivity contribution in [2.45, 2.75) is 44.9 Å². The first-order valence-electron chi connectivity index (χ1n) is 13.0. The molecule has 0 radical (unpaired) electrons. The minimum Gasteiger partial charge on any atom is -0.364 e. The van der Waals surface area contributed by atoms with Crippen LogP contribution in [-0.4, -0.2) is 78.3 Å². The van der Waals surface area contributed by atoms with Crippen LogP contribution in [0.3, 0.4) is 0 Å². The predicted molar refractivity (Wildman–Crippen MR) is 148 cm³/mol. The molecule has 1 aromatic heterocycles. The molecule has 1 unspecified atom stereocenters. The highest BCUT2D eigenvalue weighted by Crippen LogP contribution is 2.41. The number of nitrogens with two attached hydrogens (primary N) is 1. The Balaban J connectivity index is 1.62. The molecule has 2 aromatic rings. The van der Waals surface area contributed by atoms with Gasteiger partial charge >= 0.3 is 0 Å². The Morgan fingerprint density at radius 3 is 2.55 bits per heavy atom. The zero-order valence-electron chi connectivity index (χ0n) is 23.0. The maximum atomic E-state index is 12.4. The van der Waals surface area contributed by atoms with Crippen LogP contribution in [0.25, 0.3) is 0 Å². The molecular weight excluding hydrogens is 482 g/mol. The van der Waals surface area contributed by atoms with E-state index in [1.165, 1.54) is 11.0 Å². The van der Waals surface area contributed by atoms with Crippen LogP contribution in [0, 0.1) is 0 Å². The molecule has 1 aliphatic carbocycles. The van der Waals surface area contributed by atoms with E-state index >= 15 is 0 Å². The number of aromatic nitrogens is 2. The average Bonchev–Trinajstić information content (AvgIpc) is 3.72. The molecule has 3 rings (SSSR count). The van der Waals surface area contributed by atoms with Crippen molar-refractivity contribution >= 4 is 29.2 Å². The molecule has 1 fully saturated rings. The summed E-state index contributed by atoms with van der Waals surface area (Å²) < 4.78 is 0. The maximum absolute atomic E-state index is 12.4. The first-order chi connectivity index (χ1) is 18.1. The average molecular weight is 522 g/mol. The zero-order chi connectivity index (χ0) is 27.8. The summed E-state index contributed by atoms with van der Waals surface area (Å²) in [5.74, 6) is -0.314. The predicted octanol–water partition coefficient (Wildman–Crippen LogP) is 2.55. The number of benzene rings is 1. The molecule has 10 heteroatoms. The van der Waals surface area contributed by atoms with Gasteiger partial charge in [0.05, 0.1) is 17.9 Å². The Bertz CT molecular complexity index is 1190.